The number of anilines is 1. The highest BCUT2D eigenvalue weighted by Crippen LogP contribution is 2.17. The van der Waals surface area contributed by atoms with Crippen LogP contribution in [0.2, 0.25) is 0 Å². The minimum Gasteiger partial charge on any atom is -0.325 e. The van der Waals surface area contributed by atoms with Gasteiger partial charge in [0.2, 0.25) is 5.91 Å². The summed E-state index contributed by atoms with van der Waals surface area (Å²) in [6, 6.07) is 6.04. The van der Waals surface area contributed by atoms with E-state index in [2.05, 4.69) is 16.4 Å². The van der Waals surface area contributed by atoms with Gasteiger partial charge in [-0.15, -0.1) is 5.10 Å². The van der Waals surface area contributed by atoms with Gasteiger partial charge in [0, 0.05) is 19.3 Å². The van der Waals surface area contributed by atoms with E-state index in [1.807, 2.05) is 26.0 Å². The fourth-order valence-electron chi connectivity index (χ4n) is 2.04. The van der Waals surface area contributed by atoms with Crippen LogP contribution in [0.15, 0.2) is 24.4 Å². The van der Waals surface area contributed by atoms with Gasteiger partial charge in [0.15, 0.2) is 0 Å². The molecule has 2 N–H and O–H groups in total. The van der Waals surface area contributed by atoms with Crippen molar-refractivity contribution in [2.75, 3.05) is 11.9 Å². The summed E-state index contributed by atoms with van der Waals surface area (Å²) < 4.78 is 1.50. The summed E-state index contributed by atoms with van der Waals surface area (Å²) >= 11 is 0. The zero-order chi connectivity index (χ0) is 14.7. The molecule has 1 aromatic heterocycles. The molecule has 0 aliphatic rings. The molecule has 0 fully saturated rings. The van der Waals surface area contributed by atoms with Crippen LogP contribution in [0.25, 0.3) is 0 Å². The number of carbonyl (C=O) groups is 1. The molecule has 6 heteroatoms. The second-order valence-corrected chi connectivity index (χ2v) is 4.91. The van der Waals surface area contributed by atoms with Crippen molar-refractivity contribution in [3.05, 3.63) is 41.2 Å². The zero-order valence-corrected chi connectivity index (χ0v) is 12.0. The molecule has 0 aliphatic heterocycles. The maximum absolute atomic E-state index is 12.2. The minimum absolute atomic E-state index is 0.0523. The molecular weight excluding hydrogens is 254 g/mol. The van der Waals surface area contributed by atoms with E-state index in [1.165, 1.54) is 4.68 Å². The lowest BCUT2D eigenvalue weighted by Crippen LogP contribution is -2.30. The minimum atomic E-state index is -0.0523. The average Bonchev–Trinajstić information content (AvgIpc) is 2.84. The molecule has 2 rings (SSSR count). The van der Waals surface area contributed by atoms with E-state index < -0.39 is 0 Å². The van der Waals surface area contributed by atoms with E-state index in [9.17, 15) is 4.79 Å². The fraction of sp³-hybridized carbons (Fsp3) is 0.357. The Kier molecular flexibility index (Phi) is 4.14. The third kappa shape index (κ3) is 3.21. The Morgan fingerprint density at radius 2 is 1.95 bits per heavy atom. The third-order valence-corrected chi connectivity index (χ3v) is 3.06. The second kappa shape index (κ2) is 5.83. The van der Waals surface area contributed by atoms with Crippen molar-refractivity contribution in [2.45, 2.75) is 26.9 Å². The summed E-state index contributed by atoms with van der Waals surface area (Å²) in [5, 5.41) is 7.74. The van der Waals surface area contributed by atoms with Crippen molar-refractivity contribution < 1.29 is 4.79 Å². The lowest BCUT2D eigenvalue weighted by atomic mass is 10.1. The number of likely N-dealkylation sites (N-methyl/N-ethyl adjacent to an activating group) is 1. The van der Waals surface area contributed by atoms with Crippen LogP contribution in [0.5, 0.6) is 0 Å². The van der Waals surface area contributed by atoms with E-state index in [0.717, 1.165) is 16.8 Å². The number of nitrogens with two attached hydrogens (primary N) is 1. The molecule has 0 bridgehead atoms. The molecule has 1 heterocycles. The molecular formula is C14H19N5O. The summed E-state index contributed by atoms with van der Waals surface area (Å²) in [5.74, 6) is -0.0523. The molecule has 0 spiro atoms. The molecule has 0 atom stereocenters. The van der Waals surface area contributed by atoms with Gasteiger partial charge < -0.3 is 10.6 Å². The highest BCUT2D eigenvalue weighted by Gasteiger charge is 2.13. The van der Waals surface area contributed by atoms with Gasteiger partial charge in [0.25, 0.3) is 0 Å². The van der Waals surface area contributed by atoms with Gasteiger partial charge in [-0.25, -0.2) is 4.68 Å². The first-order chi connectivity index (χ1) is 9.49. The van der Waals surface area contributed by atoms with Crippen LogP contribution in [-0.2, 0) is 17.9 Å². The second-order valence-electron chi connectivity index (χ2n) is 4.91. The molecule has 0 saturated heterocycles. The number of aromatic nitrogens is 3. The highest BCUT2D eigenvalue weighted by molar-refractivity contribution is 5.92. The maximum Gasteiger partial charge on any atom is 0.248 e. The first-order valence-corrected chi connectivity index (χ1v) is 6.43. The molecule has 6 nitrogen and oxygen atoms in total. The van der Waals surface area contributed by atoms with E-state index in [-0.39, 0.29) is 12.5 Å². The van der Waals surface area contributed by atoms with Gasteiger partial charge in [0.05, 0.1) is 11.9 Å². The summed E-state index contributed by atoms with van der Waals surface area (Å²) in [4.78, 5) is 13.9. The van der Waals surface area contributed by atoms with Crippen LogP contribution >= 0.6 is 0 Å². The monoisotopic (exact) mass is 273 g/mol. The van der Waals surface area contributed by atoms with Gasteiger partial charge in [-0.05, 0) is 37.1 Å². The number of aryl methyl sites for hydroxylation is 2. The van der Waals surface area contributed by atoms with Gasteiger partial charge in [-0.3, -0.25) is 4.79 Å². The van der Waals surface area contributed by atoms with Gasteiger partial charge in [-0.1, -0.05) is 11.3 Å². The molecule has 0 unspecified atom stereocenters. The van der Waals surface area contributed by atoms with Crippen LogP contribution in [0, 0.1) is 13.8 Å². The lowest BCUT2D eigenvalue weighted by molar-refractivity contribution is -0.119. The quantitative estimate of drug-likeness (QED) is 0.902. The first-order valence-electron chi connectivity index (χ1n) is 6.43. The topological polar surface area (TPSA) is 77.0 Å². The molecule has 106 valence electrons. The van der Waals surface area contributed by atoms with Crippen LogP contribution in [0.3, 0.4) is 0 Å². The number of amides is 1. The predicted octanol–water partition coefficient (Wildman–Crippen LogP) is 1.02. The summed E-state index contributed by atoms with van der Waals surface area (Å²) in [7, 11) is 1.76. The zero-order valence-electron chi connectivity index (χ0n) is 12.0. The Morgan fingerprint density at radius 1 is 1.30 bits per heavy atom. The maximum atomic E-state index is 12.2. The number of hydrogen-bond donors (Lipinski definition) is 1. The van der Waals surface area contributed by atoms with Crippen LogP contribution in [-0.4, -0.2) is 27.9 Å². The van der Waals surface area contributed by atoms with Crippen molar-refractivity contribution >= 4 is 11.6 Å². The van der Waals surface area contributed by atoms with Crippen molar-refractivity contribution in [1.82, 2.24) is 15.0 Å². The first kappa shape index (κ1) is 14.2. The number of carbonyl (C=O) groups excluding carboxylic acids is 1. The van der Waals surface area contributed by atoms with Crippen molar-refractivity contribution in [3.8, 4) is 0 Å². The Bertz CT molecular complexity index is 600. The van der Waals surface area contributed by atoms with E-state index in [1.54, 1.807) is 18.1 Å². The van der Waals surface area contributed by atoms with E-state index in [0.29, 0.717) is 12.2 Å². The molecule has 2 aromatic rings. The number of hydrogen-bond acceptors (Lipinski definition) is 4. The molecule has 20 heavy (non-hydrogen) atoms. The third-order valence-electron chi connectivity index (χ3n) is 3.06. The standard InChI is InChI=1S/C14H19N5O/c1-10-4-11(2)6-13(5-10)18(3)14(20)9-19-8-12(7-15)16-17-19/h4-6,8H,7,9,15H2,1-3H3. The largest absolute Gasteiger partial charge is 0.325 e. The van der Waals surface area contributed by atoms with Crippen molar-refractivity contribution in [2.24, 2.45) is 5.73 Å². The Morgan fingerprint density at radius 3 is 2.50 bits per heavy atom. The summed E-state index contributed by atoms with van der Waals surface area (Å²) in [6.45, 7) is 4.50. The fourth-order valence-corrected chi connectivity index (χ4v) is 2.04. The van der Waals surface area contributed by atoms with E-state index in [4.69, 9.17) is 5.73 Å². The molecule has 0 aliphatic carbocycles. The SMILES string of the molecule is Cc1cc(C)cc(N(C)C(=O)Cn2cc(CN)nn2)c1. The van der Waals surface area contributed by atoms with Crippen LogP contribution < -0.4 is 10.6 Å². The number of rotatable bonds is 4. The van der Waals surface area contributed by atoms with Crippen molar-refractivity contribution in [1.29, 1.82) is 0 Å². The summed E-state index contributed by atoms with van der Waals surface area (Å²) in [6.07, 6.45) is 1.69. The molecule has 0 saturated carbocycles. The van der Waals surface area contributed by atoms with Gasteiger partial charge >= 0.3 is 0 Å². The van der Waals surface area contributed by atoms with Gasteiger partial charge in [-0.2, -0.15) is 0 Å². The molecule has 1 aromatic carbocycles. The Balaban J connectivity index is 2.11. The van der Waals surface area contributed by atoms with E-state index >= 15 is 0 Å². The predicted molar refractivity (Wildman–Crippen MR) is 77.2 cm³/mol. The highest BCUT2D eigenvalue weighted by atomic mass is 16.2. The molecule has 1 amide bonds. The van der Waals surface area contributed by atoms with Crippen LogP contribution in [0.1, 0.15) is 16.8 Å². The number of benzene rings is 1. The lowest BCUT2D eigenvalue weighted by Gasteiger charge is -2.18. The molecule has 0 radical (unpaired) electrons. The normalized spacial score (nSPS) is 10.6. The summed E-state index contributed by atoms with van der Waals surface area (Å²) in [5.41, 5.74) is 9.28. The van der Waals surface area contributed by atoms with Gasteiger partial charge in [0.1, 0.15) is 6.54 Å². The van der Waals surface area contributed by atoms with Crippen molar-refractivity contribution in [3.63, 3.8) is 0 Å². The Hall–Kier alpha value is -2.21. The van der Waals surface area contributed by atoms with Crippen LogP contribution in [0.4, 0.5) is 5.69 Å². The smallest absolute Gasteiger partial charge is 0.248 e. The Labute approximate surface area is 118 Å². The number of nitrogens with zero attached hydrogens (tertiary/aromatic N) is 4. The average molecular weight is 273 g/mol.